The molecule has 0 bridgehead atoms. The molecule has 1 fully saturated rings. The van der Waals surface area contributed by atoms with E-state index in [9.17, 15) is 18.0 Å². The number of sulfonamides is 1. The van der Waals surface area contributed by atoms with Gasteiger partial charge in [0.1, 0.15) is 0 Å². The van der Waals surface area contributed by atoms with Crippen LogP contribution < -0.4 is 19.1 Å². The topological polar surface area (TPSA) is 111 Å². The second-order valence-electron chi connectivity index (χ2n) is 6.84. The zero-order chi connectivity index (χ0) is 22.6. The van der Waals surface area contributed by atoms with Gasteiger partial charge in [0.15, 0.2) is 11.5 Å². The molecule has 0 radical (unpaired) electrons. The molecule has 0 unspecified atom stereocenters. The van der Waals surface area contributed by atoms with Crippen LogP contribution in [0.1, 0.15) is 33.6 Å². The largest absolute Gasteiger partial charge is 0.493 e. The van der Waals surface area contributed by atoms with E-state index in [0.29, 0.717) is 35.7 Å². The Morgan fingerprint density at radius 3 is 2.19 bits per heavy atom. The van der Waals surface area contributed by atoms with Crippen molar-refractivity contribution in [1.82, 2.24) is 0 Å². The Balaban J connectivity index is 1.86. The number of nitrogens with zero attached hydrogens (tertiary/aromatic N) is 1. The number of amides is 1. The zero-order valence-corrected chi connectivity index (χ0v) is 18.3. The third kappa shape index (κ3) is 4.74. The van der Waals surface area contributed by atoms with Crippen molar-refractivity contribution >= 4 is 33.3 Å². The number of carbonyl (C=O) groups is 2. The van der Waals surface area contributed by atoms with E-state index in [1.807, 2.05) is 0 Å². The molecule has 0 aromatic heterocycles. The van der Waals surface area contributed by atoms with Crippen molar-refractivity contribution in [3.8, 4) is 11.5 Å². The minimum atomic E-state index is -3.34. The second-order valence-corrected chi connectivity index (χ2v) is 8.85. The summed E-state index contributed by atoms with van der Waals surface area (Å²) >= 11 is 0. The molecule has 1 amide bonds. The Labute approximate surface area is 181 Å². The van der Waals surface area contributed by atoms with Gasteiger partial charge >= 0.3 is 5.97 Å². The van der Waals surface area contributed by atoms with Crippen LogP contribution in [0, 0.1) is 0 Å². The summed E-state index contributed by atoms with van der Waals surface area (Å²) in [5.74, 6) is -0.373. The van der Waals surface area contributed by atoms with E-state index < -0.39 is 21.9 Å². The van der Waals surface area contributed by atoms with Gasteiger partial charge in [-0.25, -0.2) is 13.2 Å². The maximum absolute atomic E-state index is 12.8. The summed E-state index contributed by atoms with van der Waals surface area (Å²) in [6.07, 6.45) is 1.43. The number of esters is 1. The highest BCUT2D eigenvalue weighted by Crippen LogP contribution is 2.34. The molecule has 10 heteroatoms. The van der Waals surface area contributed by atoms with Crippen LogP contribution in [0.15, 0.2) is 36.4 Å². The van der Waals surface area contributed by atoms with Gasteiger partial charge in [0, 0.05) is 24.2 Å². The monoisotopic (exact) mass is 448 g/mol. The summed E-state index contributed by atoms with van der Waals surface area (Å²) in [4.78, 5) is 24.9. The molecule has 0 aliphatic carbocycles. The molecule has 1 N–H and O–H groups in total. The molecule has 1 aliphatic rings. The van der Waals surface area contributed by atoms with Crippen LogP contribution in [0.2, 0.25) is 0 Å². The first-order chi connectivity index (χ1) is 14.8. The van der Waals surface area contributed by atoms with Crippen molar-refractivity contribution in [1.29, 1.82) is 0 Å². The van der Waals surface area contributed by atoms with Crippen LogP contribution >= 0.6 is 0 Å². The van der Waals surface area contributed by atoms with Gasteiger partial charge in [0.25, 0.3) is 5.91 Å². The average molecular weight is 448 g/mol. The van der Waals surface area contributed by atoms with Gasteiger partial charge in [0.2, 0.25) is 10.0 Å². The molecule has 3 rings (SSSR count). The second kappa shape index (κ2) is 9.25. The quantitative estimate of drug-likeness (QED) is 0.676. The maximum atomic E-state index is 12.8. The van der Waals surface area contributed by atoms with E-state index in [1.165, 1.54) is 49.9 Å². The fraction of sp³-hybridized carbons (Fsp3) is 0.333. The maximum Gasteiger partial charge on any atom is 0.340 e. The number of methoxy groups -OCH3 is 3. The molecule has 1 heterocycles. The number of rotatable bonds is 6. The Morgan fingerprint density at radius 1 is 0.968 bits per heavy atom. The minimum absolute atomic E-state index is 0.101. The van der Waals surface area contributed by atoms with E-state index in [2.05, 4.69) is 5.32 Å². The van der Waals surface area contributed by atoms with E-state index >= 15 is 0 Å². The zero-order valence-electron chi connectivity index (χ0n) is 17.5. The van der Waals surface area contributed by atoms with Gasteiger partial charge in [-0.2, -0.15) is 0 Å². The lowest BCUT2D eigenvalue weighted by atomic mass is 10.1. The summed E-state index contributed by atoms with van der Waals surface area (Å²) in [7, 11) is 0.770. The van der Waals surface area contributed by atoms with Crippen LogP contribution in [0.5, 0.6) is 11.5 Å². The molecule has 166 valence electrons. The number of carbonyl (C=O) groups excluding carboxylic acids is 2. The van der Waals surface area contributed by atoms with Gasteiger partial charge in [0.05, 0.1) is 44.0 Å². The molecule has 1 saturated heterocycles. The molecule has 31 heavy (non-hydrogen) atoms. The highest BCUT2D eigenvalue weighted by molar-refractivity contribution is 7.92. The van der Waals surface area contributed by atoms with Crippen LogP contribution in [0.25, 0.3) is 0 Å². The van der Waals surface area contributed by atoms with E-state index in [4.69, 9.17) is 14.2 Å². The molecule has 1 aliphatic heterocycles. The fourth-order valence-corrected chi connectivity index (χ4v) is 4.95. The highest BCUT2D eigenvalue weighted by Gasteiger charge is 2.26. The van der Waals surface area contributed by atoms with Crippen LogP contribution in [-0.4, -0.2) is 53.9 Å². The van der Waals surface area contributed by atoms with Crippen LogP contribution in [0.3, 0.4) is 0 Å². The van der Waals surface area contributed by atoms with Crippen molar-refractivity contribution in [3.05, 3.63) is 47.5 Å². The average Bonchev–Trinajstić information content (AvgIpc) is 2.78. The predicted octanol–water partition coefficient (Wildman–Crippen LogP) is 2.67. The number of anilines is 2. The summed E-state index contributed by atoms with van der Waals surface area (Å²) in [6, 6.07) is 9.14. The summed E-state index contributed by atoms with van der Waals surface area (Å²) in [6.45, 7) is 0.419. The Hall–Kier alpha value is -3.27. The Kier molecular flexibility index (Phi) is 6.69. The number of ether oxygens (including phenoxy) is 3. The first kappa shape index (κ1) is 22.4. The molecule has 0 spiro atoms. The lowest BCUT2D eigenvalue weighted by molar-refractivity contribution is 0.0601. The van der Waals surface area contributed by atoms with E-state index in [0.717, 1.165) is 6.42 Å². The lowest BCUT2D eigenvalue weighted by Crippen LogP contribution is -2.37. The third-order valence-corrected chi connectivity index (χ3v) is 6.81. The molecular formula is C21H24N2O7S. The normalized spacial score (nSPS) is 15.1. The molecule has 2 aromatic carbocycles. The number of hydrogen-bond acceptors (Lipinski definition) is 7. The van der Waals surface area contributed by atoms with E-state index in [-0.39, 0.29) is 17.0 Å². The van der Waals surface area contributed by atoms with Crippen molar-refractivity contribution in [2.24, 2.45) is 0 Å². The smallest absolute Gasteiger partial charge is 0.340 e. The number of hydrogen-bond donors (Lipinski definition) is 1. The van der Waals surface area contributed by atoms with E-state index in [1.54, 1.807) is 12.1 Å². The van der Waals surface area contributed by atoms with Crippen molar-refractivity contribution in [3.63, 3.8) is 0 Å². The standard InChI is InChI=1S/C21H24N2O7S/c1-28-18-12-16(21(25)30-3)17(13-19(18)29-2)22-20(24)14-6-8-15(9-7-14)23-10-4-5-11-31(23,26)27/h6-9,12-13H,4-5,10-11H2,1-3H3,(H,22,24). The SMILES string of the molecule is COC(=O)c1cc(OC)c(OC)cc1NC(=O)c1ccc(N2CCCCS2(=O)=O)cc1. The van der Waals surface area contributed by atoms with Gasteiger partial charge < -0.3 is 19.5 Å². The highest BCUT2D eigenvalue weighted by atomic mass is 32.2. The Bertz CT molecular complexity index is 1080. The van der Waals surface area contributed by atoms with Gasteiger partial charge in [-0.15, -0.1) is 0 Å². The van der Waals surface area contributed by atoms with Crippen molar-refractivity contribution < 1.29 is 32.2 Å². The van der Waals surface area contributed by atoms with Gasteiger partial charge in [-0.3, -0.25) is 9.10 Å². The first-order valence-electron chi connectivity index (χ1n) is 9.57. The van der Waals surface area contributed by atoms with Crippen molar-refractivity contribution in [2.75, 3.05) is 43.2 Å². The number of benzene rings is 2. The summed E-state index contributed by atoms with van der Waals surface area (Å²) < 4.78 is 41.1. The van der Waals surface area contributed by atoms with Gasteiger partial charge in [-0.1, -0.05) is 0 Å². The van der Waals surface area contributed by atoms with Gasteiger partial charge in [-0.05, 0) is 37.1 Å². The third-order valence-electron chi connectivity index (χ3n) is 4.94. The molecular weight excluding hydrogens is 424 g/mol. The Morgan fingerprint density at radius 2 is 1.61 bits per heavy atom. The molecule has 0 saturated carbocycles. The lowest BCUT2D eigenvalue weighted by Gasteiger charge is -2.28. The van der Waals surface area contributed by atoms with Crippen LogP contribution in [-0.2, 0) is 14.8 Å². The van der Waals surface area contributed by atoms with Crippen LogP contribution in [0.4, 0.5) is 11.4 Å². The molecule has 0 atom stereocenters. The summed E-state index contributed by atoms with van der Waals surface area (Å²) in [5, 5.41) is 2.68. The van der Waals surface area contributed by atoms with Crippen molar-refractivity contribution in [2.45, 2.75) is 12.8 Å². The summed E-state index contributed by atoms with van der Waals surface area (Å²) in [5.41, 5.74) is 1.10. The first-order valence-corrected chi connectivity index (χ1v) is 11.2. The molecule has 9 nitrogen and oxygen atoms in total. The molecule has 2 aromatic rings. The fourth-order valence-electron chi connectivity index (χ4n) is 3.31. The predicted molar refractivity (Wildman–Crippen MR) is 116 cm³/mol. The minimum Gasteiger partial charge on any atom is -0.493 e. The number of nitrogens with one attached hydrogen (secondary N) is 1.